The maximum Gasteiger partial charge on any atom is 0.231 e. The molecule has 0 aliphatic carbocycles. The van der Waals surface area contributed by atoms with Crippen molar-refractivity contribution in [3.63, 3.8) is 0 Å². The van der Waals surface area contributed by atoms with Crippen LogP contribution in [-0.4, -0.2) is 66.4 Å². The van der Waals surface area contributed by atoms with Gasteiger partial charge in [-0.25, -0.2) is 4.98 Å². The third-order valence-electron chi connectivity index (χ3n) is 7.69. The highest BCUT2D eigenvalue weighted by Crippen LogP contribution is 2.38. The Morgan fingerprint density at radius 1 is 1.07 bits per heavy atom. The van der Waals surface area contributed by atoms with Gasteiger partial charge in [0.15, 0.2) is 17.0 Å². The van der Waals surface area contributed by atoms with Crippen molar-refractivity contribution in [2.45, 2.75) is 69.6 Å². The Labute approximate surface area is 243 Å². The largest absolute Gasteiger partial charge is 0.489 e. The molecule has 2 aromatic heterocycles. The van der Waals surface area contributed by atoms with E-state index in [2.05, 4.69) is 57.5 Å². The summed E-state index contributed by atoms with van der Waals surface area (Å²) in [7, 11) is -0.350. The summed E-state index contributed by atoms with van der Waals surface area (Å²) >= 11 is 0. The number of ether oxygens (including phenoxy) is 1. The summed E-state index contributed by atoms with van der Waals surface area (Å²) in [5.74, 6) is 6.24. The molecular weight excluding hydrogens is 534 g/mol. The number of nitrogens with one attached hydrogen (secondary N) is 3. The third-order valence-corrected chi connectivity index (χ3v) is 10.3. The fourth-order valence-corrected chi connectivity index (χ4v) is 6.57. The van der Waals surface area contributed by atoms with Gasteiger partial charge >= 0.3 is 0 Å². The van der Waals surface area contributed by atoms with Gasteiger partial charge in [-0.15, -0.1) is 0 Å². The van der Waals surface area contributed by atoms with Crippen LogP contribution >= 0.6 is 0 Å². The molecule has 0 radical (unpaired) electrons. The van der Waals surface area contributed by atoms with Gasteiger partial charge in [-0.3, -0.25) is 4.21 Å². The Kier molecular flexibility index (Phi) is 8.24. The molecule has 41 heavy (non-hydrogen) atoms. The normalized spacial score (nSPS) is 16.3. The lowest BCUT2D eigenvalue weighted by molar-refractivity contribution is 0.241. The van der Waals surface area contributed by atoms with Crippen molar-refractivity contribution in [2.24, 2.45) is 0 Å². The Bertz CT molecular complexity index is 1640. The van der Waals surface area contributed by atoms with Crippen LogP contribution in [0.1, 0.15) is 57.6 Å². The number of aromatic nitrogens is 4. The van der Waals surface area contributed by atoms with Gasteiger partial charge in [0.1, 0.15) is 5.75 Å². The topological polar surface area (TPSA) is 108 Å². The Morgan fingerprint density at radius 2 is 1.80 bits per heavy atom. The van der Waals surface area contributed by atoms with Gasteiger partial charge in [0.25, 0.3) is 0 Å². The molecule has 1 saturated heterocycles. The number of aryl methyl sites for hydroxylation is 1. The summed E-state index contributed by atoms with van der Waals surface area (Å²) in [6, 6.07) is 11.8. The molecule has 9 nitrogen and oxygen atoms in total. The van der Waals surface area contributed by atoms with Crippen LogP contribution in [0.2, 0.25) is 0 Å². The van der Waals surface area contributed by atoms with Crippen molar-refractivity contribution in [3.05, 3.63) is 53.9 Å². The average molecular weight is 576 g/mol. The molecule has 1 aliphatic rings. The zero-order chi connectivity index (χ0) is 29.3. The molecule has 0 saturated carbocycles. The van der Waals surface area contributed by atoms with Crippen molar-refractivity contribution in [1.82, 2.24) is 24.8 Å². The Morgan fingerprint density at radius 3 is 2.51 bits per heavy atom. The first kappa shape index (κ1) is 28.9. The number of likely N-dealkylation sites (tertiary alicyclic amines) is 1. The molecule has 1 fully saturated rings. The van der Waals surface area contributed by atoms with Crippen molar-refractivity contribution in [3.8, 4) is 5.75 Å². The maximum atomic E-state index is 13.5. The Balaban J connectivity index is 1.52. The molecule has 3 heterocycles. The molecule has 3 N–H and O–H groups in total. The predicted molar refractivity (Wildman–Crippen MR) is 170 cm³/mol. The van der Waals surface area contributed by atoms with Crippen LogP contribution in [0.4, 0.5) is 23.1 Å². The number of rotatable bonds is 9. The van der Waals surface area contributed by atoms with Crippen LogP contribution in [0, 0.1) is 6.92 Å². The van der Waals surface area contributed by atoms with Gasteiger partial charge in [-0.2, -0.15) is 9.97 Å². The predicted octanol–water partition coefficient (Wildman–Crippen LogP) is 6.23. The highest BCUT2D eigenvalue weighted by atomic mass is 32.2. The number of hydrogen-bond acceptors (Lipinski definition) is 8. The molecule has 0 spiro atoms. The first-order valence-electron chi connectivity index (χ1n) is 14.2. The van der Waals surface area contributed by atoms with Crippen LogP contribution < -0.4 is 15.4 Å². The molecule has 1 unspecified atom stereocenters. The standard InChI is InChI=1S/C31H41N7O2S/c1-19(2)40-26-17-23(22-12-14-38(6)15-13-22)21(5)16-25(26)35-31-36-29-28(32-18-33-29)30(37-31)34-24-10-8-9-11-27(24)41(7,39)20(3)4/h8-11,16-20,22H,7,12-15H2,1-6H3,(H3,32,33,34,35,36,37). The minimum atomic E-state index is -2.53. The van der Waals surface area contributed by atoms with Gasteiger partial charge in [-0.1, -0.05) is 26.0 Å². The second kappa shape index (κ2) is 11.7. The number of aromatic amines is 1. The lowest BCUT2D eigenvalue weighted by Gasteiger charge is -2.30. The van der Waals surface area contributed by atoms with E-state index in [1.165, 1.54) is 11.1 Å². The van der Waals surface area contributed by atoms with E-state index < -0.39 is 9.52 Å². The summed E-state index contributed by atoms with van der Waals surface area (Å²) < 4.78 is 19.8. The van der Waals surface area contributed by atoms with E-state index in [0.717, 1.165) is 37.4 Å². The second-order valence-electron chi connectivity index (χ2n) is 11.5. The van der Waals surface area contributed by atoms with Gasteiger partial charge in [0.2, 0.25) is 5.95 Å². The van der Waals surface area contributed by atoms with Crippen LogP contribution in [0.25, 0.3) is 11.2 Å². The first-order valence-corrected chi connectivity index (χ1v) is 16.0. The van der Waals surface area contributed by atoms with Crippen LogP contribution in [-0.2, 0) is 9.52 Å². The molecule has 2 aromatic carbocycles. The summed E-state index contributed by atoms with van der Waals surface area (Å²) in [6.07, 6.45) is 3.87. The van der Waals surface area contributed by atoms with E-state index in [-0.39, 0.29) is 11.4 Å². The lowest BCUT2D eigenvalue weighted by Crippen LogP contribution is -2.29. The van der Waals surface area contributed by atoms with Crippen molar-refractivity contribution in [2.75, 3.05) is 30.8 Å². The van der Waals surface area contributed by atoms with Crippen molar-refractivity contribution in [1.29, 1.82) is 0 Å². The average Bonchev–Trinajstić information content (AvgIpc) is 3.40. The number of imidazole rings is 1. The van der Waals surface area contributed by atoms with E-state index in [1.54, 1.807) is 6.33 Å². The Hall–Kier alpha value is -3.63. The zero-order valence-corrected chi connectivity index (χ0v) is 25.6. The minimum absolute atomic E-state index is 0.00629. The molecular formula is C31H41N7O2S. The number of anilines is 4. The lowest BCUT2D eigenvalue weighted by atomic mass is 9.86. The quantitative estimate of drug-likeness (QED) is 0.202. The smallest absolute Gasteiger partial charge is 0.231 e. The molecule has 5 rings (SSSR count). The summed E-state index contributed by atoms with van der Waals surface area (Å²) in [4.78, 5) is 20.1. The number of nitrogens with zero attached hydrogens (tertiary/aromatic N) is 4. The zero-order valence-electron chi connectivity index (χ0n) is 24.8. The first-order chi connectivity index (χ1) is 19.5. The van der Waals surface area contributed by atoms with E-state index in [0.29, 0.717) is 39.4 Å². The highest BCUT2D eigenvalue weighted by Gasteiger charge is 2.23. The number of benzene rings is 2. The molecule has 1 atom stereocenters. The monoisotopic (exact) mass is 575 g/mol. The van der Waals surface area contributed by atoms with Crippen molar-refractivity contribution >= 4 is 49.7 Å². The van der Waals surface area contributed by atoms with E-state index in [4.69, 9.17) is 14.7 Å². The van der Waals surface area contributed by atoms with Gasteiger partial charge in [0, 0.05) is 14.8 Å². The van der Waals surface area contributed by atoms with Crippen LogP contribution in [0.15, 0.2) is 47.6 Å². The molecule has 0 bridgehead atoms. The number of hydrogen-bond donors (Lipinski definition) is 3. The fraction of sp³-hybridized carbons (Fsp3) is 0.419. The van der Waals surface area contributed by atoms with Gasteiger partial charge in [0.05, 0.1) is 28.7 Å². The van der Waals surface area contributed by atoms with Crippen LogP contribution in [0.5, 0.6) is 5.75 Å². The molecule has 0 amide bonds. The maximum absolute atomic E-state index is 13.5. The van der Waals surface area contributed by atoms with E-state index >= 15 is 0 Å². The van der Waals surface area contributed by atoms with Crippen molar-refractivity contribution < 1.29 is 8.95 Å². The molecule has 218 valence electrons. The number of piperidine rings is 1. The van der Waals surface area contributed by atoms with E-state index in [9.17, 15) is 4.21 Å². The van der Waals surface area contributed by atoms with E-state index in [1.807, 2.05) is 52.0 Å². The van der Waals surface area contributed by atoms with Crippen LogP contribution in [0.3, 0.4) is 0 Å². The number of H-pyrrole nitrogens is 1. The SMILES string of the molecule is C=S(=O)(c1ccccc1Nc1nc(Nc2cc(C)c(C3CCN(C)CC3)cc2OC(C)C)nc2[nH]cnc12)C(C)C. The summed E-state index contributed by atoms with van der Waals surface area (Å²) in [5, 5.41) is 6.66. The summed E-state index contributed by atoms with van der Waals surface area (Å²) in [6.45, 7) is 12.3. The molecule has 4 aromatic rings. The molecule has 1 aliphatic heterocycles. The highest BCUT2D eigenvalue weighted by molar-refractivity contribution is 8.01. The second-order valence-corrected chi connectivity index (χ2v) is 14.3. The summed E-state index contributed by atoms with van der Waals surface area (Å²) in [5.41, 5.74) is 5.19. The third kappa shape index (κ3) is 6.18. The van der Waals surface area contributed by atoms with Gasteiger partial charge in [-0.05, 0) is 101 Å². The number of fused-ring (bicyclic) bond motifs is 1. The van der Waals surface area contributed by atoms with Gasteiger partial charge < -0.3 is 25.3 Å². The minimum Gasteiger partial charge on any atom is -0.489 e. The molecule has 10 heteroatoms. The fourth-order valence-electron chi connectivity index (χ4n) is 5.26. The number of para-hydroxylation sites is 1.